The molecular formula is C18H22N2O4S. The van der Waals surface area contributed by atoms with E-state index in [1.165, 1.54) is 12.1 Å². The molecule has 0 saturated carbocycles. The summed E-state index contributed by atoms with van der Waals surface area (Å²) in [6, 6.07) is 12.6. The third kappa shape index (κ3) is 5.22. The first-order valence-electron chi connectivity index (χ1n) is 8.10. The third-order valence-electron chi connectivity index (χ3n) is 3.36. The number of carbonyl (C=O) groups excluding carboxylic acids is 1. The molecule has 2 aromatic rings. The molecule has 0 unspecified atom stereocenters. The van der Waals surface area contributed by atoms with Crippen LogP contribution in [0.2, 0.25) is 0 Å². The predicted molar refractivity (Wildman–Crippen MR) is 97.5 cm³/mol. The zero-order chi connectivity index (χ0) is 18.3. The van der Waals surface area contributed by atoms with Crippen LogP contribution in [-0.4, -0.2) is 27.5 Å². The molecule has 0 atom stereocenters. The van der Waals surface area contributed by atoms with Crippen molar-refractivity contribution in [2.45, 2.75) is 25.2 Å². The average molecular weight is 362 g/mol. The SMILES string of the molecule is CCCNC(=O)c1cccc(S(=O)(=O)Nc2ccc(OCC)cc2)c1. The Morgan fingerprint density at radius 1 is 1.08 bits per heavy atom. The fraction of sp³-hybridized carbons (Fsp3) is 0.278. The van der Waals surface area contributed by atoms with Gasteiger partial charge < -0.3 is 10.1 Å². The van der Waals surface area contributed by atoms with Gasteiger partial charge in [0.25, 0.3) is 15.9 Å². The molecule has 25 heavy (non-hydrogen) atoms. The van der Waals surface area contributed by atoms with Crippen LogP contribution in [-0.2, 0) is 10.0 Å². The van der Waals surface area contributed by atoms with Gasteiger partial charge in [-0.3, -0.25) is 9.52 Å². The molecular weight excluding hydrogens is 340 g/mol. The van der Waals surface area contributed by atoms with Gasteiger partial charge in [0.2, 0.25) is 0 Å². The van der Waals surface area contributed by atoms with Gasteiger partial charge in [-0.05, 0) is 55.8 Å². The van der Waals surface area contributed by atoms with Crippen molar-refractivity contribution >= 4 is 21.6 Å². The molecule has 1 amide bonds. The summed E-state index contributed by atoms with van der Waals surface area (Å²) in [5.74, 6) is 0.375. The van der Waals surface area contributed by atoms with Crippen molar-refractivity contribution < 1.29 is 17.9 Å². The number of hydrogen-bond acceptors (Lipinski definition) is 4. The van der Waals surface area contributed by atoms with Gasteiger partial charge >= 0.3 is 0 Å². The summed E-state index contributed by atoms with van der Waals surface area (Å²) in [6.45, 7) is 4.90. The van der Waals surface area contributed by atoms with E-state index in [4.69, 9.17) is 4.74 Å². The molecule has 2 aromatic carbocycles. The van der Waals surface area contributed by atoms with Crippen molar-refractivity contribution in [3.63, 3.8) is 0 Å². The minimum absolute atomic E-state index is 0.0329. The number of rotatable bonds is 8. The second-order valence-corrected chi connectivity index (χ2v) is 7.03. The van der Waals surface area contributed by atoms with Gasteiger partial charge in [-0.1, -0.05) is 13.0 Å². The van der Waals surface area contributed by atoms with E-state index >= 15 is 0 Å². The lowest BCUT2D eigenvalue weighted by molar-refractivity contribution is 0.0953. The van der Waals surface area contributed by atoms with Crippen molar-refractivity contribution in [2.75, 3.05) is 17.9 Å². The maximum absolute atomic E-state index is 12.5. The first-order valence-corrected chi connectivity index (χ1v) is 9.58. The zero-order valence-corrected chi connectivity index (χ0v) is 15.1. The van der Waals surface area contributed by atoms with Crippen molar-refractivity contribution in [1.82, 2.24) is 5.32 Å². The standard InChI is InChI=1S/C18H22N2O4S/c1-3-12-19-18(21)14-6-5-7-17(13-14)25(22,23)20-15-8-10-16(11-9-15)24-4-2/h5-11,13,20H,3-4,12H2,1-2H3,(H,19,21). The van der Waals surface area contributed by atoms with E-state index in [-0.39, 0.29) is 10.8 Å². The van der Waals surface area contributed by atoms with Crippen molar-refractivity contribution in [3.05, 3.63) is 54.1 Å². The summed E-state index contributed by atoms with van der Waals surface area (Å²) in [4.78, 5) is 12.0. The highest BCUT2D eigenvalue weighted by molar-refractivity contribution is 7.92. The summed E-state index contributed by atoms with van der Waals surface area (Å²) in [7, 11) is -3.79. The smallest absolute Gasteiger partial charge is 0.261 e. The number of ether oxygens (including phenoxy) is 1. The van der Waals surface area contributed by atoms with E-state index in [1.807, 2.05) is 13.8 Å². The number of benzene rings is 2. The van der Waals surface area contributed by atoms with Crippen LogP contribution in [0, 0.1) is 0 Å². The first kappa shape index (κ1) is 18.8. The molecule has 0 bridgehead atoms. The molecule has 0 fully saturated rings. The minimum Gasteiger partial charge on any atom is -0.494 e. The van der Waals surface area contributed by atoms with Crippen molar-refractivity contribution in [3.8, 4) is 5.75 Å². The molecule has 2 rings (SSSR count). The first-order chi connectivity index (χ1) is 12.0. The molecule has 0 aliphatic heterocycles. The fourth-order valence-electron chi connectivity index (χ4n) is 2.15. The number of amides is 1. The van der Waals surface area contributed by atoms with Crippen molar-refractivity contribution in [2.24, 2.45) is 0 Å². The molecule has 0 heterocycles. The lowest BCUT2D eigenvalue weighted by Crippen LogP contribution is -2.24. The summed E-state index contributed by atoms with van der Waals surface area (Å²) in [5.41, 5.74) is 0.729. The Hall–Kier alpha value is -2.54. The van der Waals surface area contributed by atoms with Gasteiger partial charge in [0.1, 0.15) is 5.75 Å². The van der Waals surface area contributed by atoms with Gasteiger partial charge in [-0.25, -0.2) is 8.42 Å². The van der Waals surface area contributed by atoms with Crippen LogP contribution >= 0.6 is 0 Å². The van der Waals surface area contributed by atoms with Gasteiger partial charge in [0, 0.05) is 17.8 Å². The molecule has 0 spiro atoms. The Morgan fingerprint density at radius 3 is 2.44 bits per heavy atom. The third-order valence-corrected chi connectivity index (χ3v) is 4.74. The van der Waals surface area contributed by atoms with Gasteiger partial charge in [0.15, 0.2) is 0 Å². The van der Waals surface area contributed by atoms with Gasteiger partial charge in [-0.2, -0.15) is 0 Å². The highest BCUT2D eigenvalue weighted by Crippen LogP contribution is 2.20. The molecule has 134 valence electrons. The summed E-state index contributed by atoms with van der Waals surface area (Å²) < 4.78 is 32.9. The van der Waals surface area contributed by atoms with E-state index < -0.39 is 10.0 Å². The highest BCUT2D eigenvalue weighted by Gasteiger charge is 2.16. The number of hydrogen-bond donors (Lipinski definition) is 2. The Balaban J connectivity index is 2.17. The number of sulfonamides is 1. The van der Waals surface area contributed by atoms with E-state index in [0.717, 1.165) is 6.42 Å². The second kappa shape index (κ2) is 8.53. The number of carbonyl (C=O) groups is 1. The van der Waals surface area contributed by atoms with Gasteiger partial charge in [-0.15, -0.1) is 0 Å². The van der Waals surface area contributed by atoms with E-state index in [0.29, 0.717) is 30.2 Å². The summed E-state index contributed by atoms with van der Waals surface area (Å²) in [6.07, 6.45) is 0.809. The molecule has 0 aliphatic rings. The van der Waals surface area contributed by atoms with Crippen LogP contribution in [0.5, 0.6) is 5.75 Å². The van der Waals surface area contributed by atoms with Crippen LogP contribution in [0.15, 0.2) is 53.4 Å². The van der Waals surface area contributed by atoms with Crippen LogP contribution in [0.1, 0.15) is 30.6 Å². The molecule has 0 aromatic heterocycles. The van der Waals surface area contributed by atoms with Gasteiger partial charge in [0.05, 0.1) is 11.5 Å². The average Bonchev–Trinajstić information content (AvgIpc) is 2.61. The monoisotopic (exact) mass is 362 g/mol. The number of anilines is 1. The van der Waals surface area contributed by atoms with Crippen LogP contribution in [0.3, 0.4) is 0 Å². The van der Waals surface area contributed by atoms with Crippen LogP contribution in [0.25, 0.3) is 0 Å². The van der Waals surface area contributed by atoms with Crippen LogP contribution in [0.4, 0.5) is 5.69 Å². The summed E-state index contributed by atoms with van der Waals surface area (Å²) in [5, 5.41) is 2.73. The van der Waals surface area contributed by atoms with Crippen LogP contribution < -0.4 is 14.8 Å². The quantitative estimate of drug-likeness (QED) is 0.756. The van der Waals surface area contributed by atoms with E-state index in [1.54, 1.807) is 36.4 Å². The molecule has 0 radical (unpaired) electrons. The predicted octanol–water partition coefficient (Wildman–Crippen LogP) is 3.03. The van der Waals surface area contributed by atoms with E-state index in [9.17, 15) is 13.2 Å². The largest absolute Gasteiger partial charge is 0.494 e. The Kier molecular flexibility index (Phi) is 6.41. The molecule has 0 saturated heterocycles. The molecule has 2 N–H and O–H groups in total. The van der Waals surface area contributed by atoms with E-state index in [2.05, 4.69) is 10.0 Å². The summed E-state index contributed by atoms with van der Waals surface area (Å²) >= 11 is 0. The minimum atomic E-state index is -3.79. The number of nitrogens with one attached hydrogen (secondary N) is 2. The second-order valence-electron chi connectivity index (χ2n) is 5.35. The normalized spacial score (nSPS) is 11.0. The molecule has 0 aliphatic carbocycles. The fourth-order valence-corrected chi connectivity index (χ4v) is 3.25. The Morgan fingerprint density at radius 2 is 1.80 bits per heavy atom. The molecule has 7 heteroatoms. The lowest BCUT2D eigenvalue weighted by Gasteiger charge is -2.10. The van der Waals surface area contributed by atoms with Crippen molar-refractivity contribution in [1.29, 1.82) is 0 Å². The topological polar surface area (TPSA) is 84.5 Å². The maximum Gasteiger partial charge on any atom is 0.261 e. The Labute approximate surface area is 148 Å². The zero-order valence-electron chi connectivity index (χ0n) is 14.3. The highest BCUT2D eigenvalue weighted by atomic mass is 32.2. The molecule has 6 nitrogen and oxygen atoms in total. The maximum atomic E-state index is 12.5. The Bertz CT molecular complexity index is 817. The lowest BCUT2D eigenvalue weighted by atomic mass is 10.2.